The topological polar surface area (TPSA) is 108 Å². The summed E-state index contributed by atoms with van der Waals surface area (Å²) in [4.78, 5) is 52.7. The highest BCUT2D eigenvalue weighted by Gasteiger charge is 2.76. The highest BCUT2D eigenvalue weighted by atomic mass is 35.5. The standard InChI is InChI=1S/C28H24Cl2N2O6/c1-3-14-4-6-15(7-5-14)32-23(34)18-10-9-17-19(21(18)24(32)35)12-27(29)25(36)31(2)26(37)28(27,30)22(17)20-11-8-16(13-33)38-20/h3-9,11,18-19,21-22,33H,1,10,12-13H2,2H3. The Labute approximate surface area is 228 Å². The van der Waals surface area contributed by atoms with Crippen LogP contribution in [0, 0.1) is 17.8 Å². The fraction of sp³-hybridized carbons (Fsp3) is 0.357. The molecule has 6 unspecified atom stereocenters. The first-order valence-electron chi connectivity index (χ1n) is 12.3. The van der Waals surface area contributed by atoms with E-state index in [1.165, 1.54) is 11.9 Å². The number of anilines is 1. The molecule has 2 saturated heterocycles. The predicted octanol–water partition coefficient (Wildman–Crippen LogP) is 3.61. The summed E-state index contributed by atoms with van der Waals surface area (Å²) in [7, 11) is 1.33. The summed E-state index contributed by atoms with van der Waals surface area (Å²) in [5.41, 5.74) is 1.94. The third kappa shape index (κ3) is 3.02. The van der Waals surface area contributed by atoms with E-state index in [0.717, 1.165) is 10.5 Å². The number of furan rings is 1. The summed E-state index contributed by atoms with van der Waals surface area (Å²) in [5, 5.41) is 9.59. The van der Waals surface area contributed by atoms with E-state index in [9.17, 15) is 24.3 Å². The van der Waals surface area contributed by atoms with Gasteiger partial charge < -0.3 is 9.52 Å². The average molecular weight is 555 g/mol. The number of alkyl halides is 2. The van der Waals surface area contributed by atoms with Crippen LogP contribution in [0.3, 0.4) is 0 Å². The molecule has 1 aromatic carbocycles. The highest BCUT2D eigenvalue weighted by Crippen LogP contribution is 2.65. The van der Waals surface area contributed by atoms with Crippen LogP contribution in [-0.2, 0) is 25.8 Å². The number of hydrogen-bond acceptors (Lipinski definition) is 6. The largest absolute Gasteiger partial charge is 0.463 e. The summed E-state index contributed by atoms with van der Waals surface area (Å²) < 4.78 is 5.84. The molecule has 1 N–H and O–H groups in total. The zero-order chi connectivity index (χ0) is 27.1. The van der Waals surface area contributed by atoms with Crippen molar-refractivity contribution in [2.45, 2.75) is 35.1 Å². The van der Waals surface area contributed by atoms with Crippen molar-refractivity contribution in [2.24, 2.45) is 17.8 Å². The molecule has 0 radical (unpaired) electrons. The lowest BCUT2D eigenvalue weighted by Crippen LogP contribution is -2.60. The van der Waals surface area contributed by atoms with E-state index in [-0.39, 0.29) is 42.8 Å². The molecule has 8 nitrogen and oxygen atoms in total. The Morgan fingerprint density at radius 3 is 2.39 bits per heavy atom. The fourth-order valence-electron chi connectivity index (χ4n) is 6.70. The summed E-state index contributed by atoms with van der Waals surface area (Å²) in [5.74, 6) is -4.57. The number of benzene rings is 1. The molecule has 10 heteroatoms. The van der Waals surface area contributed by atoms with Crippen molar-refractivity contribution >= 4 is 58.6 Å². The van der Waals surface area contributed by atoms with Crippen molar-refractivity contribution in [1.82, 2.24) is 4.90 Å². The Kier molecular flexibility index (Phi) is 5.55. The molecule has 2 aromatic rings. The second-order valence-electron chi connectivity index (χ2n) is 10.3. The number of fused-ring (bicyclic) bond motifs is 4. The molecule has 3 fully saturated rings. The lowest BCUT2D eigenvalue weighted by atomic mass is 9.57. The molecule has 1 aromatic heterocycles. The number of amides is 4. The highest BCUT2D eigenvalue weighted by molar-refractivity contribution is 6.53. The van der Waals surface area contributed by atoms with Gasteiger partial charge in [0.25, 0.3) is 11.8 Å². The van der Waals surface area contributed by atoms with Crippen LogP contribution in [0.1, 0.15) is 35.8 Å². The zero-order valence-electron chi connectivity index (χ0n) is 20.4. The van der Waals surface area contributed by atoms with Crippen LogP contribution in [0.15, 0.2) is 59.0 Å². The Balaban J connectivity index is 1.48. The Morgan fingerprint density at radius 2 is 1.76 bits per heavy atom. The molecule has 3 heterocycles. The van der Waals surface area contributed by atoms with E-state index in [1.54, 1.807) is 42.5 Å². The van der Waals surface area contributed by atoms with E-state index in [0.29, 0.717) is 11.3 Å². The second kappa shape index (κ2) is 8.40. The molecular formula is C28H24Cl2N2O6. The number of allylic oxidation sites excluding steroid dienone is 2. The van der Waals surface area contributed by atoms with Crippen LogP contribution < -0.4 is 4.90 Å². The lowest BCUT2D eigenvalue weighted by Gasteiger charge is -2.49. The maximum Gasteiger partial charge on any atom is 0.253 e. The lowest BCUT2D eigenvalue weighted by molar-refractivity contribution is -0.138. The predicted molar refractivity (Wildman–Crippen MR) is 139 cm³/mol. The van der Waals surface area contributed by atoms with Crippen LogP contribution >= 0.6 is 23.2 Å². The number of imide groups is 2. The first-order chi connectivity index (χ1) is 18.1. The molecule has 0 spiro atoms. The normalized spacial score (nSPS) is 34.3. The average Bonchev–Trinajstić information content (AvgIpc) is 3.53. The number of aliphatic hydroxyl groups excluding tert-OH is 1. The van der Waals surface area contributed by atoms with Crippen molar-refractivity contribution in [3.63, 3.8) is 0 Å². The van der Waals surface area contributed by atoms with E-state index < -0.39 is 45.2 Å². The van der Waals surface area contributed by atoms with Gasteiger partial charge in [0.1, 0.15) is 18.1 Å². The maximum atomic E-state index is 13.9. The van der Waals surface area contributed by atoms with Gasteiger partial charge in [-0.2, -0.15) is 0 Å². The molecule has 2 aliphatic carbocycles. The SMILES string of the molecule is C=Cc1ccc(N2C(=O)C3CC=C4C(CC5(Cl)C(=O)N(C)C(=O)C5(Cl)C4c4ccc(CO)o4)C3C2=O)cc1. The van der Waals surface area contributed by atoms with Crippen molar-refractivity contribution in [3.8, 4) is 0 Å². The molecule has 38 heavy (non-hydrogen) atoms. The summed E-state index contributed by atoms with van der Waals surface area (Å²) in [6.07, 6.45) is 3.67. The molecule has 4 amide bonds. The Hall–Kier alpha value is -3.20. The van der Waals surface area contributed by atoms with Crippen molar-refractivity contribution in [3.05, 3.63) is 71.7 Å². The van der Waals surface area contributed by atoms with Crippen molar-refractivity contribution < 1.29 is 28.7 Å². The first kappa shape index (κ1) is 25.1. The quantitative estimate of drug-likeness (QED) is 0.351. The minimum Gasteiger partial charge on any atom is -0.463 e. The Morgan fingerprint density at radius 1 is 1.05 bits per heavy atom. The van der Waals surface area contributed by atoms with E-state index in [1.807, 2.05) is 6.08 Å². The second-order valence-corrected chi connectivity index (χ2v) is 11.5. The van der Waals surface area contributed by atoms with Gasteiger partial charge in [-0.15, -0.1) is 23.2 Å². The number of carbonyl (C=O) groups is 4. The van der Waals surface area contributed by atoms with Gasteiger partial charge >= 0.3 is 0 Å². The number of aliphatic hydroxyl groups is 1. The number of likely N-dealkylation sites (tertiary alicyclic amines) is 1. The van der Waals surface area contributed by atoms with E-state index in [4.69, 9.17) is 27.6 Å². The monoisotopic (exact) mass is 554 g/mol. The van der Waals surface area contributed by atoms with Gasteiger partial charge in [-0.25, -0.2) is 0 Å². The van der Waals surface area contributed by atoms with Gasteiger partial charge in [-0.05, 0) is 48.6 Å². The number of nitrogens with zero attached hydrogens (tertiary/aromatic N) is 2. The van der Waals surface area contributed by atoms with E-state index >= 15 is 0 Å². The Bertz CT molecular complexity index is 1450. The summed E-state index contributed by atoms with van der Waals surface area (Å²) in [6, 6.07) is 10.1. The summed E-state index contributed by atoms with van der Waals surface area (Å²) >= 11 is 14.1. The molecular weight excluding hydrogens is 531 g/mol. The van der Waals surface area contributed by atoms with Gasteiger partial charge in [0.05, 0.1) is 23.4 Å². The third-order valence-corrected chi connectivity index (χ3v) is 9.94. The first-order valence-corrected chi connectivity index (χ1v) is 13.0. The molecule has 1 saturated carbocycles. The van der Waals surface area contributed by atoms with Crippen LogP contribution in [0.4, 0.5) is 5.69 Å². The van der Waals surface area contributed by atoms with Crippen LogP contribution in [-0.4, -0.2) is 50.4 Å². The van der Waals surface area contributed by atoms with Crippen LogP contribution in [0.2, 0.25) is 0 Å². The van der Waals surface area contributed by atoms with Gasteiger partial charge in [0, 0.05) is 7.05 Å². The van der Waals surface area contributed by atoms with Crippen LogP contribution in [0.5, 0.6) is 0 Å². The van der Waals surface area contributed by atoms with Crippen molar-refractivity contribution in [1.29, 1.82) is 0 Å². The van der Waals surface area contributed by atoms with Gasteiger partial charge in [0.2, 0.25) is 11.8 Å². The number of hydrogen-bond donors (Lipinski definition) is 1. The number of carbonyl (C=O) groups excluding carboxylic acids is 4. The van der Waals surface area contributed by atoms with Gasteiger partial charge in [-0.1, -0.05) is 36.4 Å². The van der Waals surface area contributed by atoms with Gasteiger partial charge in [0.15, 0.2) is 9.75 Å². The van der Waals surface area contributed by atoms with Crippen molar-refractivity contribution in [2.75, 3.05) is 11.9 Å². The summed E-state index contributed by atoms with van der Waals surface area (Å²) in [6.45, 7) is 3.36. The third-order valence-electron chi connectivity index (χ3n) is 8.52. The number of halogens is 2. The van der Waals surface area contributed by atoms with Gasteiger partial charge in [-0.3, -0.25) is 29.0 Å². The fourth-order valence-corrected chi connectivity index (χ4v) is 7.71. The smallest absolute Gasteiger partial charge is 0.253 e. The minimum atomic E-state index is -1.91. The minimum absolute atomic E-state index is 0.0910. The molecule has 6 rings (SSSR count). The molecule has 0 bridgehead atoms. The number of rotatable bonds is 4. The maximum absolute atomic E-state index is 13.9. The van der Waals surface area contributed by atoms with Crippen LogP contribution in [0.25, 0.3) is 6.08 Å². The molecule has 196 valence electrons. The zero-order valence-corrected chi connectivity index (χ0v) is 21.9. The molecule has 2 aliphatic heterocycles. The molecule has 6 atom stereocenters. The van der Waals surface area contributed by atoms with E-state index in [2.05, 4.69) is 6.58 Å². The molecule has 4 aliphatic rings.